The highest BCUT2D eigenvalue weighted by Crippen LogP contribution is 2.44. The Morgan fingerprint density at radius 2 is 1.66 bits per heavy atom. The Bertz CT molecular complexity index is 1040. The van der Waals surface area contributed by atoms with Crippen LogP contribution in [0.5, 0.6) is 0 Å². The zero-order chi connectivity index (χ0) is 24.8. The Morgan fingerprint density at radius 1 is 1.06 bits per heavy atom. The summed E-state index contributed by atoms with van der Waals surface area (Å²) in [5.41, 5.74) is 3.61. The van der Waals surface area contributed by atoms with Crippen LogP contribution in [0.3, 0.4) is 0 Å². The predicted molar refractivity (Wildman–Crippen MR) is 127 cm³/mol. The lowest BCUT2D eigenvalue weighted by Gasteiger charge is -2.37. The average Bonchev–Trinajstić information content (AvgIpc) is 3.16. The summed E-state index contributed by atoms with van der Waals surface area (Å²) in [6, 6.07) is 15.0. The molecule has 0 bridgehead atoms. The number of hydrogen-bond acceptors (Lipinski definition) is 6. The monoisotopic (exact) mass is 482 g/mol. The maximum atomic E-state index is 12.9. The molecule has 1 aliphatic heterocycles. The molecule has 1 atom stereocenters. The summed E-state index contributed by atoms with van der Waals surface area (Å²) in [5.74, 6) is -1.76. The predicted octanol–water partition coefficient (Wildman–Crippen LogP) is 2.68. The van der Waals surface area contributed by atoms with Crippen molar-refractivity contribution in [3.05, 3.63) is 59.7 Å². The summed E-state index contributed by atoms with van der Waals surface area (Å²) in [4.78, 5) is 36.9. The second-order valence-corrected chi connectivity index (χ2v) is 8.93. The van der Waals surface area contributed by atoms with Crippen LogP contribution in [-0.4, -0.2) is 68.2 Å². The smallest absolute Gasteiger partial charge is 0.407 e. The molecule has 0 aromatic heterocycles. The van der Waals surface area contributed by atoms with Gasteiger partial charge in [0, 0.05) is 26.2 Å². The van der Waals surface area contributed by atoms with E-state index in [0.717, 1.165) is 22.3 Å². The lowest BCUT2D eigenvalue weighted by molar-refractivity contribution is -0.143. The largest absolute Gasteiger partial charge is 0.480 e. The van der Waals surface area contributed by atoms with Crippen molar-refractivity contribution >= 4 is 18.0 Å². The molecule has 1 heterocycles. The maximum Gasteiger partial charge on any atom is 0.407 e. The number of amides is 2. The van der Waals surface area contributed by atoms with Crippen LogP contribution in [0.25, 0.3) is 11.1 Å². The minimum atomic E-state index is -1.19. The summed E-state index contributed by atoms with van der Waals surface area (Å²) in [6.07, 6.45) is 0.112. The number of alkyl carbamates (subject to hydrolysis) is 1. The molecular weight excluding hydrogens is 452 g/mol. The number of rotatable bonds is 9. The average molecular weight is 483 g/mol. The van der Waals surface area contributed by atoms with Crippen molar-refractivity contribution in [2.75, 3.05) is 33.5 Å². The van der Waals surface area contributed by atoms with E-state index in [9.17, 15) is 19.5 Å². The van der Waals surface area contributed by atoms with Gasteiger partial charge in [0.05, 0.1) is 18.6 Å². The second-order valence-electron chi connectivity index (χ2n) is 8.93. The van der Waals surface area contributed by atoms with Crippen molar-refractivity contribution in [1.29, 1.82) is 0 Å². The number of methoxy groups -OCH3 is 1. The Labute approximate surface area is 203 Å². The van der Waals surface area contributed by atoms with Gasteiger partial charge in [-0.2, -0.15) is 0 Å². The molecule has 35 heavy (non-hydrogen) atoms. The van der Waals surface area contributed by atoms with E-state index in [2.05, 4.69) is 22.8 Å². The molecule has 2 aromatic rings. The van der Waals surface area contributed by atoms with Crippen molar-refractivity contribution in [3.8, 4) is 11.1 Å². The highest BCUT2D eigenvalue weighted by atomic mass is 16.5. The number of ether oxygens (including phenoxy) is 3. The summed E-state index contributed by atoms with van der Waals surface area (Å²) in [7, 11) is 1.36. The maximum absolute atomic E-state index is 12.9. The quantitative estimate of drug-likeness (QED) is 0.502. The van der Waals surface area contributed by atoms with Crippen molar-refractivity contribution in [1.82, 2.24) is 10.6 Å². The van der Waals surface area contributed by atoms with Crippen LogP contribution in [0.1, 0.15) is 36.3 Å². The molecule has 9 nitrogen and oxygen atoms in total. The molecule has 0 spiro atoms. The first kappa shape index (κ1) is 24.7. The molecule has 0 radical (unpaired) electrons. The number of hydrogen-bond donors (Lipinski definition) is 3. The Balaban J connectivity index is 1.41. The SMILES string of the molecule is COCC(NC(=O)CC1(NC(=O)OCC2c3ccccc3-c3ccccc32)CCOCC1)C(=O)O. The van der Waals surface area contributed by atoms with Crippen LogP contribution in [0.2, 0.25) is 0 Å². The van der Waals surface area contributed by atoms with Crippen molar-refractivity contribution in [2.24, 2.45) is 0 Å². The van der Waals surface area contributed by atoms with Gasteiger partial charge < -0.3 is 30.0 Å². The molecule has 0 saturated carbocycles. The van der Waals surface area contributed by atoms with Crippen LogP contribution in [0.15, 0.2) is 48.5 Å². The van der Waals surface area contributed by atoms with Gasteiger partial charge in [-0.25, -0.2) is 9.59 Å². The van der Waals surface area contributed by atoms with Gasteiger partial charge in [0.15, 0.2) is 6.04 Å². The van der Waals surface area contributed by atoms with Crippen molar-refractivity contribution < 1.29 is 33.7 Å². The zero-order valence-corrected chi connectivity index (χ0v) is 19.6. The van der Waals surface area contributed by atoms with Crippen molar-refractivity contribution in [2.45, 2.75) is 36.8 Å². The van der Waals surface area contributed by atoms with Crippen LogP contribution < -0.4 is 10.6 Å². The molecule has 1 unspecified atom stereocenters. The number of carboxylic acids is 1. The number of carbonyl (C=O) groups excluding carboxylic acids is 2. The summed E-state index contributed by atoms with van der Waals surface area (Å²) >= 11 is 0. The van der Waals surface area contributed by atoms with Gasteiger partial charge in [-0.1, -0.05) is 48.5 Å². The van der Waals surface area contributed by atoms with E-state index in [4.69, 9.17) is 14.2 Å². The Kier molecular flexibility index (Phi) is 7.67. The number of benzene rings is 2. The molecule has 2 aromatic carbocycles. The van der Waals surface area contributed by atoms with Gasteiger partial charge >= 0.3 is 12.1 Å². The summed E-state index contributed by atoms with van der Waals surface area (Å²) in [5, 5.41) is 14.6. The van der Waals surface area contributed by atoms with E-state index in [-0.39, 0.29) is 25.6 Å². The number of aliphatic carboxylic acids is 1. The van der Waals surface area contributed by atoms with E-state index < -0.39 is 29.6 Å². The molecular formula is C26H30N2O7. The van der Waals surface area contributed by atoms with Crippen molar-refractivity contribution in [3.63, 3.8) is 0 Å². The lowest BCUT2D eigenvalue weighted by atomic mass is 9.86. The summed E-state index contributed by atoms with van der Waals surface area (Å²) < 4.78 is 16.0. The van der Waals surface area contributed by atoms with Gasteiger partial charge in [0.2, 0.25) is 5.91 Å². The van der Waals surface area contributed by atoms with Gasteiger partial charge in [0.25, 0.3) is 0 Å². The van der Waals surface area contributed by atoms with Crippen LogP contribution in [0, 0.1) is 0 Å². The number of carboxylic acid groups (broad SMARTS) is 1. The Morgan fingerprint density at radius 3 is 2.23 bits per heavy atom. The van der Waals surface area contributed by atoms with E-state index in [1.165, 1.54) is 7.11 Å². The van der Waals surface area contributed by atoms with Crippen LogP contribution in [0.4, 0.5) is 4.79 Å². The third-order valence-corrected chi connectivity index (χ3v) is 6.63. The normalized spacial score (nSPS) is 17.1. The van der Waals surface area contributed by atoms with E-state index in [0.29, 0.717) is 26.1 Å². The molecule has 1 aliphatic carbocycles. The fraction of sp³-hybridized carbons (Fsp3) is 0.423. The van der Waals surface area contributed by atoms with Crippen LogP contribution >= 0.6 is 0 Å². The van der Waals surface area contributed by atoms with Gasteiger partial charge in [-0.15, -0.1) is 0 Å². The fourth-order valence-electron chi connectivity index (χ4n) is 4.85. The number of nitrogens with one attached hydrogen (secondary N) is 2. The highest BCUT2D eigenvalue weighted by Gasteiger charge is 2.38. The van der Waals surface area contributed by atoms with Crippen LogP contribution in [-0.2, 0) is 23.8 Å². The second kappa shape index (κ2) is 10.9. The number of fused-ring (bicyclic) bond motifs is 3. The molecule has 1 fully saturated rings. The first-order chi connectivity index (χ1) is 16.9. The third kappa shape index (κ3) is 5.63. The van der Waals surface area contributed by atoms with E-state index in [1.54, 1.807) is 0 Å². The minimum Gasteiger partial charge on any atom is -0.480 e. The lowest BCUT2D eigenvalue weighted by Crippen LogP contribution is -2.56. The molecule has 2 aliphatic rings. The number of carbonyl (C=O) groups is 3. The fourth-order valence-corrected chi connectivity index (χ4v) is 4.85. The van der Waals surface area contributed by atoms with Gasteiger partial charge in [-0.05, 0) is 35.1 Å². The highest BCUT2D eigenvalue weighted by molar-refractivity contribution is 5.85. The van der Waals surface area contributed by atoms with Gasteiger partial charge in [-0.3, -0.25) is 4.79 Å². The van der Waals surface area contributed by atoms with E-state index >= 15 is 0 Å². The molecule has 4 rings (SSSR count). The molecule has 9 heteroatoms. The Hall–Kier alpha value is -3.43. The zero-order valence-electron chi connectivity index (χ0n) is 19.6. The first-order valence-corrected chi connectivity index (χ1v) is 11.6. The third-order valence-electron chi connectivity index (χ3n) is 6.63. The molecule has 186 valence electrons. The van der Waals surface area contributed by atoms with Gasteiger partial charge in [0.1, 0.15) is 6.61 Å². The summed E-state index contributed by atoms with van der Waals surface area (Å²) in [6.45, 7) is 0.749. The van der Waals surface area contributed by atoms with E-state index in [1.807, 2.05) is 36.4 Å². The minimum absolute atomic E-state index is 0.0764. The molecule has 1 saturated heterocycles. The topological polar surface area (TPSA) is 123 Å². The molecule has 2 amide bonds. The molecule has 3 N–H and O–H groups in total. The first-order valence-electron chi connectivity index (χ1n) is 11.6. The standard InChI is InChI=1S/C26H30N2O7/c1-33-16-22(24(30)31)27-23(29)14-26(10-12-34-13-11-26)28-25(32)35-15-21-19-8-4-2-6-17(19)18-7-3-5-9-20(18)21/h2-9,21-22H,10-16H2,1H3,(H,27,29)(H,28,32)(H,30,31).